The van der Waals surface area contributed by atoms with E-state index in [9.17, 15) is 18.0 Å². The highest BCUT2D eigenvalue weighted by molar-refractivity contribution is 7.89. The molecule has 0 fully saturated rings. The standard InChI is InChI=1S/C23H24N4O5S2/c1-4-11-27-19-12-16(7-10-20(19)32-13-21(27)28)18-14-33-23(24-18)25-22(29)15-5-8-17(9-6-15)34(30,31)26(2)3/h5-10,12,14H,4,11,13H2,1-3H3,(H,24,25,29). The van der Waals surface area contributed by atoms with Gasteiger partial charge in [-0.1, -0.05) is 6.92 Å². The number of anilines is 2. The van der Waals surface area contributed by atoms with Gasteiger partial charge in [0.1, 0.15) is 5.75 Å². The first kappa shape index (κ1) is 23.9. The number of rotatable bonds is 7. The number of thiazole rings is 1. The highest BCUT2D eigenvalue weighted by Crippen LogP contribution is 2.37. The van der Waals surface area contributed by atoms with Gasteiger partial charge in [-0.15, -0.1) is 11.3 Å². The Balaban J connectivity index is 1.51. The molecule has 9 nitrogen and oxygen atoms in total. The first-order valence-electron chi connectivity index (χ1n) is 10.6. The van der Waals surface area contributed by atoms with E-state index in [1.807, 2.05) is 30.5 Å². The van der Waals surface area contributed by atoms with Gasteiger partial charge < -0.3 is 9.64 Å². The lowest BCUT2D eigenvalue weighted by atomic mass is 10.1. The Morgan fingerprint density at radius 1 is 1.21 bits per heavy atom. The molecule has 2 heterocycles. The molecule has 11 heteroatoms. The lowest BCUT2D eigenvalue weighted by Crippen LogP contribution is -2.39. The molecule has 1 aliphatic rings. The first-order chi connectivity index (χ1) is 16.2. The molecule has 0 saturated carbocycles. The summed E-state index contributed by atoms with van der Waals surface area (Å²) in [5, 5.41) is 4.97. The van der Waals surface area contributed by atoms with Crippen LogP contribution in [-0.2, 0) is 14.8 Å². The predicted molar refractivity (Wildman–Crippen MR) is 131 cm³/mol. The van der Waals surface area contributed by atoms with Gasteiger partial charge in [-0.05, 0) is 48.9 Å². The van der Waals surface area contributed by atoms with Crippen molar-refractivity contribution in [2.45, 2.75) is 18.2 Å². The van der Waals surface area contributed by atoms with Crippen LogP contribution in [0.4, 0.5) is 10.8 Å². The van der Waals surface area contributed by atoms with Crippen LogP contribution in [0.3, 0.4) is 0 Å². The molecule has 0 unspecified atom stereocenters. The van der Waals surface area contributed by atoms with Gasteiger partial charge in [0, 0.05) is 37.1 Å². The van der Waals surface area contributed by atoms with Crippen molar-refractivity contribution < 1.29 is 22.7 Å². The quantitative estimate of drug-likeness (QED) is 0.532. The largest absolute Gasteiger partial charge is 0.482 e. The van der Waals surface area contributed by atoms with E-state index in [-0.39, 0.29) is 17.4 Å². The lowest BCUT2D eigenvalue weighted by molar-refractivity contribution is -0.121. The first-order valence-corrected chi connectivity index (χ1v) is 12.9. The van der Waals surface area contributed by atoms with E-state index in [0.29, 0.717) is 34.4 Å². The molecule has 0 bridgehead atoms. The van der Waals surface area contributed by atoms with Crippen LogP contribution in [0.2, 0.25) is 0 Å². The molecule has 4 rings (SSSR count). The van der Waals surface area contributed by atoms with Gasteiger partial charge in [-0.2, -0.15) is 0 Å². The van der Waals surface area contributed by atoms with Crippen molar-refractivity contribution in [1.82, 2.24) is 9.29 Å². The van der Waals surface area contributed by atoms with Crippen molar-refractivity contribution in [2.75, 3.05) is 37.5 Å². The molecule has 3 aromatic rings. The fraction of sp³-hybridized carbons (Fsp3) is 0.261. The van der Waals surface area contributed by atoms with E-state index in [2.05, 4.69) is 10.3 Å². The number of nitrogens with one attached hydrogen (secondary N) is 1. The van der Waals surface area contributed by atoms with Gasteiger partial charge >= 0.3 is 0 Å². The minimum absolute atomic E-state index is 0.0290. The molecule has 34 heavy (non-hydrogen) atoms. The summed E-state index contributed by atoms with van der Waals surface area (Å²) >= 11 is 1.27. The molecule has 1 aromatic heterocycles. The summed E-state index contributed by atoms with van der Waals surface area (Å²) in [7, 11) is -0.667. The summed E-state index contributed by atoms with van der Waals surface area (Å²) in [5.41, 5.74) is 2.48. The Morgan fingerprint density at radius 3 is 2.62 bits per heavy atom. The van der Waals surface area contributed by atoms with Crippen LogP contribution in [0.15, 0.2) is 52.7 Å². The number of sulfonamides is 1. The number of amides is 2. The van der Waals surface area contributed by atoms with Gasteiger partial charge in [0.15, 0.2) is 11.7 Å². The van der Waals surface area contributed by atoms with E-state index in [1.165, 1.54) is 49.7 Å². The summed E-state index contributed by atoms with van der Waals surface area (Å²) in [4.78, 5) is 31.2. The summed E-state index contributed by atoms with van der Waals surface area (Å²) in [6, 6.07) is 11.3. The Kier molecular flexibility index (Phi) is 6.69. The fourth-order valence-electron chi connectivity index (χ4n) is 3.45. The molecule has 0 radical (unpaired) electrons. The number of hydrogen-bond acceptors (Lipinski definition) is 7. The van der Waals surface area contributed by atoms with Crippen molar-refractivity contribution in [2.24, 2.45) is 0 Å². The van der Waals surface area contributed by atoms with Gasteiger partial charge in [-0.25, -0.2) is 17.7 Å². The van der Waals surface area contributed by atoms with Crippen molar-refractivity contribution >= 4 is 44.0 Å². The highest BCUT2D eigenvalue weighted by Gasteiger charge is 2.25. The van der Waals surface area contributed by atoms with E-state index in [0.717, 1.165) is 16.3 Å². The number of hydrogen-bond donors (Lipinski definition) is 1. The Hall–Kier alpha value is -3.28. The van der Waals surface area contributed by atoms with Crippen LogP contribution in [0.25, 0.3) is 11.3 Å². The predicted octanol–water partition coefficient (Wildman–Crippen LogP) is 3.45. The molecule has 1 aliphatic heterocycles. The maximum Gasteiger partial charge on any atom is 0.265 e. The maximum atomic E-state index is 12.6. The van der Waals surface area contributed by atoms with Crippen molar-refractivity contribution in [3.8, 4) is 17.0 Å². The van der Waals surface area contributed by atoms with Crippen LogP contribution in [0.5, 0.6) is 5.75 Å². The molecular weight excluding hydrogens is 476 g/mol. The van der Waals surface area contributed by atoms with Gasteiger partial charge in [0.05, 0.1) is 16.3 Å². The van der Waals surface area contributed by atoms with Crippen LogP contribution in [0.1, 0.15) is 23.7 Å². The third kappa shape index (κ3) is 4.67. The van der Waals surface area contributed by atoms with E-state index in [4.69, 9.17) is 4.74 Å². The normalized spacial score (nSPS) is 13.5. The molecule has 1 N–H and O–H groups in total. The number of carbonyl (C=O) groups is 2. The van der Waals surface area contributed by atoms with Crippen LogP contribution in [0, 0.1) is 0 Å². The molecule has 0 atom stereocenters. The summed E-state index contributed by atoms with van der Waals surface area (Å²) in [5.74, 6) is 0.177. The third-order valence-electron chi connectivity index (χ3n) is 5.26. The number of benzene rings is 2. The number of nitrogens with zero attached hydrogens (tertiary/aromatic N) is 3. The van der Waals surface area contributed by atoms with Gasteiger partial charge in [0.25, 0.3) is 11.8 Å². The summed E-state index contributed by atoms with van der Waals surface area (Å²) in [6.45, 7) is 2.64. The van der Waals surface area contributed by atoms with E-state index < -0.39 is 15.9 Å². The molecule has 0 saturated heterocycles. The molecule has 0 aliphatic carbocycles. The number of aromatic nitrogens is 1. The fourth-order valence-corrected chi connectivity index (χ4v) is 5.07. The Labute approximate surface area is 202 Å². The molecule has 0 spiro atoms. The third-order valence-corrected chi connectivity index (χ3v) is 7.85. The molecule has 2 amide bonds. The minimum atomic E-state index is -3.57. The SMILES string of the molecule is CCCN1C(=O)COc2ccc(-c3csc(NC(=O)c4ccc(S(=O)(=O)N(C)C)cc4)n3)cc21. The topological polar surface area (TPSA) is 109 Å². The number of fused-ring (bicyclic) bond motifs is 1. The van der Waals surface area contributed by atoms with E-state index >= 15 is 0 Å². The second kappa shape index (κ2) is 9.53. The highest BCUT2D eigenvalue weighted by atomic mass is 32.2. The lowest BCUT2D eigenvalue weighted by Gasteiger charge is -2.29. The zero-order valence-electron chi connectivity index (χ0n) is 18.9. The van der Waals surface area contributed by atoms with Gasteiger partial charge in [-0.3, -0.25) is 14.9 Å². The zero-order valence-corrected chi connectivity index (χ0v) is 20.6. The number of carbonyl (C=O) groups excluding carboxylic acids is 2. The van der Waals surface area contributed by atoms with Crippen molar-refractivity contribution in [1.29, 1.82) is 0 Å². The average molecular weight is 501 g/mol. The number of ether oxygens (including phenoxy) is 1. The molecule has 2 aromatic carbocycles. The van der Waals surface area contributed by atoms with E-state index in [1.54, 1.807) is 4.90 Å². The monoisotopic (exact) mass is 500 g/mol. The van der Waals surface area contributed by atoms with Crippen LogP contribution < -0.4 is 15.0 Å². The second-order valence-electron chi connectivity index (χ2n) is 7.82. The Morgan fingerprint density at radius 2 is 1.94 bits per heavy atom. The Bertz CT molecular complexity index is 1330. The minimum Gasteiger partial charge on any atom is -0.482 e. The van der Waals surface area contributed by atoms with Crippen LogP contribution in [-0.4, -0.2) is 56.8 Å². The smallest absolute Gasteiger partial charge is 0.265 e. The zero-order chi connectivity index (χ0) is 24.5. The summed E-state index contributed by atoms with van der Waals surface area (Å²) in [6.07, 6.45) is 0.824. The van der Waals surface area contributed by atoms with Crippen LogP contribution >= 0.6 is 11.3 Å². The average Bonchev–Trinajstić information content (AvgIpc) is 3.29. The molecule has 178 valence electrons. The van der Waals surface area contributed by atoms with Gasteiger partial charge in [0.2, 0.25) is 10.0 Å². The molecular formula is C23H24N4O5S2. The summed E-state index contributed by atoms with van der Waals surface area (Å²) < 4.78 is 31.0. The maximum absolute atomic E-state index is 12.6. The van der Waals surface area contributed by atoms with Crippen molar-refractivity contribution in [3.63, 3.8) is 0 Å². The van der Waals surface area contributed by atoms with Crippen molar-refractivity contribution in [3.05, 3.63) is 53.4 Å². The second-order valence-corrected chi connectivity index (χ2v) is 10.8.